The molecule has 3 rings (SSSR count). The number of hydrogen-bond donors (Lipinski definition) is 1. The molecule has 19 heavy (non-hydrogen) atoms. The van der Waals surface area contributed by atoms with Crippen molar-refractivity contribution in [2.45, 2.75) is 19.9 Å². The molecule has 0 aliphatic carbocycles. The summed E-state index contributed by atoms with van der Waals surface area (Å²) in [6.07, 6.45) is 0. The predicted octanol–water partition coefficient (Wildman–Crippen LogP) is 1.94. The third kappa shape index (κ3) is 2.38. The maximum atomic E-state index is 5.80. The Labute approximate surface area is 113 Å². The molecule has 2 aromatic rings. The first-order valence-electron chi connectivity index (χ1n) is 6.78. The van der Waals surface area contributed by atoms with Gasteiger partial charge in [-0.05, 0) is 26.0 Å². The maximum Gasteiger partial charge on any atom is 0.298 e. The zero-order valence-electron chi connectivity index (χ0n) is 11.5. The third-order valence-electron chi connectivity index (χ3n) is 3.72. The molecule has 1 aromatic heterocycles. The molecule has 1 saturated heterocycles. The molecule has 102 valence electrons. The minimum Gasteiger partial charge on any atom is -0.423 e. The van der Waals surface area contributed by atoms with Gasteiger partial charge in [0.1, 0.15) is 5.52 Å². The van der Waals surface area contributed by atoms with Crippen molar-refractivity contribution in [2.24, 2.45) is 0 Å². The van der Waals surface area contributed by atoms with Gasteiger partial charge in [0, 0.05) is 44.0 Å². The number of aromatic nitrogens is 1. The van der Waals surface area contributed by atoms with E-state index in [0.29, 0.717) is 17.7 Å². The Morgan fingerprint density at radius 2 is 1.95 bits per heavy atom. The lowest BCUT2D eigenvalue weighted by Gasteiger charge is -2.36. The minimum atomic E-state index is 0.602. The van der Waals surface area contributed by atoms with Gasteiger partial charge in [0.05, 0.1) is 0 Å². The molecule has 5 nitrogen and oxygen atoms in total. The standard InChI is InChI=1S/C14H20N4O/c1-10(2)17-5-7-18(8-6-17)14-16-12-4-3-11(15)9-13(12)19-14/h3-4,9-10H,5-8,15H2,1-2H3. The first kappa shape index (κ1) is 12.3. The SMILES string of the molecule is CC(C)N1CCN(c2nc3ccc(N)cc3o2)CC1. The molecule has 0 bridgehead atoms. The van der Waals surface area contributed by atoms with E-state index in [1.807, 2.05) is 18.2 Å². The van der Waals surface area contributed by atoms with E-state index in [9.17, 15) is 0 Å². The van der Waals surface area contributed by atoms with Gasteiger partial charge in [0.25, 0.3) is 6.01 Å². The predicted molar refractivity (Wildman–Crippen MR) is 77.3 cm³/mol. The molecule has 0 saturated carbocycles. The van der Waals surface area contributed by atoms with Crippen LogP contribution in [-0.4, -0.2) is 42.1 Å². The number of rotatable bonds is 2. The molecular weight excluding hydrogens is 240 g/mol. The lowest BCUT2D eigenvalue weighted by molar-refractivity contribution is 0.206. The van der Waals surface area contributed by atoms with Crippen LogP contribution in [0.2, 0.25) is 0 Å². The third-order valence-corrected chi connectivity index (χ3v) is 3.72. The van der Waals surface area contributed by atoms with Crippen molar-refractivity contribution in [3.8, 4) is 0 Å². The fourth-order valence-corrected chi connectivity index (χ4v) is 2.49. The number of nitrogens with two attached hydrogens (primary N) is 1. The number of piperazine rings is 1. The van der Waals surface area contributed by atoms with E-state index in [1.54, 1.807) is 0 Å². The van der Waals surface area contributed by atoms with E-state index in [1.165, 1.54) is 0 Å². The zero-order valence-corrected chi connectivity index (χ0v) is 11.5. The minimum absolute atomic E-state index is 0.602. The molecule has 1 fully saturated rings. The van der Waals surface area contributed by atoms with Crippen LogP contribution in [0.3, 0.4) is 0 Å². The molecule has 0 amide bonds. The summed E-state index contributed by atoms with van der Waals surface area (Å²) < 4.78 is 5.80. The Morgan fingerprint density at radius 1 is 1.21 bits per heavy atom. The molecule has 1 aliphatic heterocycles. The van der Waals surface area contributed by atoms with Crippen molar-refractivity contribution < 1.29 is 4.42 Å². The molecule has 2 heterocycles. The summed E-state index contributed by atoms with van der Waals surface area (Å²) in [5, 5.41) is 0. The maximum absolute atomic E-state index is 5.80. The van der Waals surface area contributed by atoms with Crippen LogP contribution in [-0.2, 0) is 0 Å². The largest absolute Gasteiger partial charge is 0.423 e. The molecule has 1 aliphatic rings. The van der Waals surface area contributed by atoms with E-state index in [2.05, 4.69) is 28.6 Å². The lowest BCUT2D eigenvalue weighted by Crippen LogP contribution is -2.49. The number of benzene rings is 1. The number of oxazole rings is 1. The Kier molecular flexibility index (Phi) is 3.06. The number of fused-ring (bicyclic) bond motifs is 1. The first-order valence-corrected chi connectivity index (χ1v) is 6.78. The van der Waals surface area contributed by atoms with E-state index in [-0.39, 0.29) is 0 Å². The van der Waals surface area contributed by atoms with Crippen LogP contribution in [0.5, 0.6) is 0 Å². The average molecular weight is 260 g/mol. The molecule has 0 unspecified atom stereocenters. The molecule has 0 radical (unpaired) electrons. The number of hydrogen-bond acceptors (Lipinski definition) is 5. The number of nitrogen functional groups attached to an aromatic ring is 1. The van der Waals surface area contributed by atoms with Gasteiger partial charge in [-0.15, -0.1) is 0 Å². The number of nitrogens with zero attached hydrogens (tertiary/aromatic N) is 3. The van der Waals surface area contributed by atoms with Crippen molar-refractivity contribution in [3.05, 3.63) is 18.2 Å². The summed E-state index contributed by atoms with van der Waals surface area (Å²) >= 11 is 0. The van der Waals surface area contributed by atoms with E-state index < -0.39 is 0 Å². The van der Waals surface area contributed by atoms with E-state index >= 15 is 0 Å². The average Bonchev–Trinajstić information content (AvgIpc) is 2.81. The normalized spacial score (nSPS) is 17.5. The summed E-state index contributed by atoms with van der Waals surface area (Å²) in [6, 6.07) is 6.90. The van der Waals surface area contributed by atoms with Crippen molar-refractivity contribution >= 4 is 22.8 Å². The van der Waals surface area contributed by atoms with Crippen LogP contribution < -0.4 is 10.6 Å². The smallest absolute Gasteiger partial charge is 0.298 e. The summed E-state index contributed by atoms with van der Waals surface area (Å²) in [7, 11) is 0. The van der Waals surface area contributed by atoms with Gasteiger partial charge in [0.2, 0.25) is 0 Å². The molecule has 5 heteroatoms. The van der Waals surface area contributed by atoms with Crippen LogP contribution in [0.15, 0.2) is 22.6 Å². The van der Waals surface area contributed by atoms with Crippen LogP contribution >= 0.6 is 0 Å². The second-order valence-electron chi connectivity index (χ2n) is 5.34. The number of anilines is 2. The Balaban J connectivity index is 1.78. The second-order valence-corrected chi connectivity index (χ2v) is 5.34. The highest BCUT2D eigenvalue weighted by molar-refractivity contribution is 5.78. The first-order chi connectivity index (χ1) is 9.13. The van der Waals surface area contributed by atoms with Gasteiger partial charge >= 0.3 is 0 Å². The van der Waals surface area contributed by atoms with Crippen molar-refractivity contribution in [1.82, 2.24) is 9.88 Å². The molecule has 2 N–H and O–H groups in total. The Hall–Kier alpha value is -1.75. The second kappa shape index (κ2) is 4.74. The van der Waals surface area contributed by atoms with Gasteiger partial charge in [0.15, 0.2) is 5.58 Å². The van der Waals surface area contributed by atoms with Crippen molar-refractivity contribution in [1.29, 1.82) is 0 Å². The quantitative estimate of drug-likeness (QED) is 0.836. The van der Waals surface area contributed by atoms with Gasteiger partial charge in [-0.3, -0.25) is 4.90 Å². The van der Waals surface area contributed by atoms with Gasteiger partial charge < -0.3 is 15.1 Å². The van der Waals surface area contributed by atoms with E-state index in [4.69, 9.17) is 10.2 Å². The van der Waals surface area contributed by atoms with Crippen molar-refractivity contribution in [3.63, 3.8) is 0 Å². The highest BCUT2D eigenvalue weighted by Gasteiger charge is 2.22. The summed E-state index contributed by atoms with van der Waals surface area (Å²) in [5.74, 6) is 0. The molecular formula is C14H20N4O. The van der Waals surface area contributed by atoms with Crippen LogP contribution in [0.25, 0.3) is 11.1 Å². The van der Waals surface area contributed by atoms with Gasteiger partial charge in [-0.1, -0.05) is 0 Å². The lowest BCUT2D eigenvalue weighted by atomic mass is 10.2. The Bertz CT molecular complexity index is 570. The van der Waals surface area contributed by atoms with Crippen LogP contribution in [0.1, 0.15) is 13.8 Å². The summed E-state index contributed by atoms with van der Waals surface area (Å²) in [4.78, 5) is 9.21. The van der Waals surface area contributed by atoms with Crippen LogP contribution in [0, 0.1) is 0 Å². The monoisotopic (exact) mass is 260 g/mol. The topological polar surface area (TPSA) is 58.5 Å². The molecule has 0 spiro atoms. The summed E-state index contributed by atoms with van der Waals surface area (Å²) in [5.41, 5.74) is 8.10. The highest BCUT2D eigenvalue weighted by Crippen LogP contribution is 2.24. The molecule has 1 aromatic carbocycles. The Morgan fingerprint density at radius 3 is 2.63 bits per heavy atom. The fourth-order valence-electron chi connectivity index (χ4n) is 2.49. The fraction of sp³-hybridized carbons (Fsp3) is 0.500. The highest BCUT2D eigenvalue weighted by atomic mass is 16.4. The van der Waals surface area contributed by atoms with E-state index in [0.717, 1.165) is 37.3 Å². The zero-order chi connectivity index (χ0) is 13.4. The van der Waals surface area contributed by atoms with Crippen molar-refractivity contribution in [2.75, 3.05) is 36.8 Å². The van der Waals surface area contributed by atoms with Gasteiger partial charge in [-0.25, -0.2) is 0 Å². The van der Waals surface area contributed by atoms with Gasteiger partial charge in [-0.2, -0.15) is 4.98 Å². The van der Waals surface area contributed by atoms with Crippen LogP contribution in [0.4, 0.5) is 11.7 Å². The molecule has 0 atom stereocenters. The summed E-state index contributed by atoms with van der Waals surface area (Å²) in [6.45, 7) is 8.49.